The summed E-state index contributed by atoms with van der Waals surface area (Å²) in [6.45, 7) is 0. The van der Waals surface area contributed by atoms with Crippen LogP contribution in [0.2, 0.25) is 0 Å². The molecule has 3 aromatic rings. The SMILES string of the molecule is COc1ccc(NC(=O)[C@H](Cc2ccccc2)NS(=O)(=O)c2ccc(I)cc2)cc1. The lowest BCUT2D eigenvalue weighted by molar-refractivity contribution is -0.117. The van der Waals surface area contributed by atoms with Crippen LogP contribution in [0.4, 0.5) is 5.69 Å². The van der Waals surface area contributed by atoms with Gasteiger partial charge in [-0.2, -0.15) is 4.72 Å². The van der Waals surface area contributed by atoms with Crippen LogP contribution in [-0.4, -0.2) is 27.5 Å². The van der Waals surface area contributed by atoms with Gasteiger partial charge < -0.3 is 10.1 Å². The van der Waals surface area contributed by atoms with Crippen LogP contribution < -0.4 is 14.8 Å². The Balaban J connectivity index is 1.83. The average molecular weight is 536 g/mol. The number of rotatable bonds is 8. The number of halogens is 1. The monoisotopic (exact) mass is 536 g/mol. The van der Waals surface area contributed by atoms with Crippen molar-refractivity contribution in [1.82, 2.24) is 4.72 Å². The topological polar surface area (TPSA) is 84.5 Å². The van der Waals surface area contributed by atoms with Crippen LogP contribution in [-0.2, 0) is 21.2 Å². The molecule has 8 heteroatoms. The average Bonchev–Trinajstić information content (AvgIpc) is 2.74. The van der Waals surface area contributed by atoms with Crippen molar-refractivity contribution in [3.05, 3.63) is 88.0 Å². The molecule has 0 heterocycles. The highest BCUT2D eigenvalue weighted by molar-refractivity contribution is 14.1. The molecule has 0 saturated heterocycles. The first-order chi connectivity index (χ1) is 14.4. The second-order valence-electron chi connectivity index (χ2n) is 6.54. The van der Waals surface area contributed by atoms with Gasteiger partial charge in [-0.1, -0.05) is 30.3 Å². The smallest absolute Gasteiger partial charge is 0.242 e. The zero-order valence-electron chi connectivity index (χ0n) is 16.2. The fourth-order valence-electron chi connectivity index (χ4n) is 2.81. The maximum Gasteiger partial charge on any atom is 0.242 e. The summed E-state index contributed by atoms with van der Waals surface area (Å²) in [5, 5.41) is 2.77. The van der Waals surface area contributed by atoms with E-state index in [-0.39, 0.29) is 11.3 Å². The van der Waals surface area contributed by atoms with E-state index in [2.05, 4.69) is 32.6 Å². The summed E-state index contributed by atoms with van der Waals surface area (Å²) in [5.74, 6) is 0.214. The van der Waals surface area contributed by atoms with E-state index in [4.69, 9.17) is 4.74 Å². The summed E-state index contributed by atoms with van der Waals surface area (Å²) in [7, 11) is -2.32. The summed E-state index contributed by atoms with van der Waals surface area (Å²) in [5.41, 5.74) is 1.39. The third-order valence-corrected chi connectivity index (χ3v) is 6.58. The molecule has 0 bridgehead atoms. The molecule has 1 amide bonds. The van der Waals surface area contributed by atoms with Crippen molar-refractivity contribution >= 4 is 44.2 Å². The van der Waals surface area contributed by atoms with Crippen molar-refractivity contribution < 1.29 is 17.9 Å². The normalized spacial score (nSPS) is 12.2. The molecule has 0 saturated carbocycles. The molecule has 0 aromatic heterocycles. The zero-order valence-corrected chi connectivity index (χ0v) is 19.2. The number of anilines is 1. The molecule has 3 aromatic carbocycles. The molecule has 0 aliphatic heterocycles. The van der Waals surface area contributed by atoms with Gasteiger partial charge in [0.2, 0.25) is 15.9 Å². The van der Waals surface area contributed by atoms with Gasteiger partial charge in [0.05, 0.1) is 12.0 Å². The Bertz CT molecular complexity index is 1090. The molecule has 3 rings (SSSR count). The number of methoxy groups -OCH3 is 1. The third-order valence-electron chi connectivity index (χ3n) is 4.38. The lowest BCUT2D eigenvalue weighted by Crippen LogP contribution is -2.45. The van der Waals surface area contributed by atoms with Gasteiger partial charge in [-0.3, -0.25) is 4.79 Å². The first-order valence-corrected chi connectivity index (χ1v) is 11.7. The van der Waals surface area contributed by atoms with E-state index >= 15 is 0 Å². The van der Waals surface area contributed by atoms with E-state index in [1.165, 1.54) is 12.1 Å². The van der Waals surface area contributed by atoms with E-state index in [0.717, 1.165) is 9.13 Å². The quantitative estimate of drug-likeness (QED) is 0.429. The van der Waals surface area contributed by atoms with Crippen LogP contribution in [0.25, 0.3) is 0 Å². The standard InChI is InChI=1S/C22H21IN2O4S/c1-29-19-11-9-18(10-12-19)24-22(26)21(15-16-5-3-2-4-6-16)25-30(27,28)20-13-7-17(23)8-14-20/h2-14,21,25H,15H2,1H3,(H,24,26)/t21-/m0/s1. The van der Waals surface area contributed by atoms with Gasteiger partial charge in [0.25, 0.3) is 0 Å². The molecule has 30 heavy (non-hydrogen) atoms. The Labute approximate surface area is 189 Å². The van der Waals surface area contributed by atoms with E-state index in [9.17, 15) is 13.2 Å². The first kappa shape index (κ1) is 22.3. The fraction of sp³-hybridized carbons (Fsp3) is 0.136. The molecular weight excluding hydrogens is 515 g/mol. The summed E-state index contributed by atoms with van der Waals surface area (Å²) in [6, 6.07) is 21.6. The van der Waals surface area contributed by atoms with Gasteiger partial charge >= 0.3 is 0 Å². The van der Waals surface area contributed by atoms with Gasteiger partial charge in [0.15, 0.2) is 0 Å². The summed E-state index contributed by atoms with van der Waals surface area (Å²) >= 11 is 2.10. The Kier molecular flexibility index (Phi) is 7.46. The van der Waals surface area contributed by atoms with Gasteiger partial charge in [-0.15, -0.1) is 0 Å². The van der Waals surface area contributed by atoms with Crippen LogP contribution >= 0.6 is 22.6 Å². The van der Waals surface area contributed by atoms with Crippen LogP contribution in [0.1, 0.15) is 5.56 Å². The zero-order chi connectivity index (χ0) is 21.6. The van der Waals surface area contributed by atoms with E-state index in [1.54, 1.807) is 43.5 Å². The van der Waals surface area contributed by atoms with Gasteiger partial charge in [-0.05, 0) is 83.1 Å². The minimum atomic E-state index is -3.88. The lowest BCUT2D eigenvalue weighted by Gasteiger charge is -2.19. The first-order valence-electron chi connectivity index (χ1n) is 9.14. The van der Waals surface area contributed by atoms with E-state index in [0.29, 0.717) is 11.4 Å². The summed E-state index contributed by atoms with van der Waals surface area (Å²) in [4.78, 5) is 13.1. The van der Waals surface area contributed by atoms with Crippen molar-refractivity contribution in [2.75, 3.05) is 12.4 Å². The Hall–Kier alpha value is -2.43. The van der Waals surface area contributed by atoms with Gasteiger partial charge in [-0.25, -0.2) is 8.42 Å². The number of hydrogen-bond donors (Lipinski definition) is 2. The predicted octanol–water partition coefficient (Wildman–Crippen LogP) is 3.83. The molecule has 6 nitrogen and oxygen atoms in total. The number of hydrogen-bond acceptors (Lipinski definition) is 4. The van der Waals surface area contributed by atoms with Crippen molar-refractivity contribution in [2.24, 2.45) is 0 Å². The van der Waals surface area contributed by atoms with Gasteiger partial charge in [0.1, 0.15) is 11.8 Å². The number of amides is 1. The Morgan fingerprint density at radius 2 is 1.60 bits per heavy atom. The largest absolute Gasteiger partial charge is 0.497 e. The lowest BCUT2D eigenvalue weighted by atomic mass is 10.1. The van der Waals surface area contributed by atoms with Crippen LogP contribution in [0.5, 0.6) is 5.75 Å². The maximum atomic E-state index is 13.0. The van der Waals surface area contributed by atoms with Crippen molar-refractivity contribution in [3.63, 3.8) is 0 Å². The highest BCUT2D eigenvalue weighted by Crippen LogP contribution is 2.17. The summed E-state index contributed by atoms with van der Waals surface area (Å²) in [6.07, 6.45) is 0.215. The number of ether oxygens (including phenoxy) is 1. The van der Waals surface area contributed by atoms with Crippen molar-refractivity contribution in [1.29, 1.82) is 0 Å². The minimum absolute atomic E-state index is 0.109. The Morgan fingerprint density at radius 1 is 0.967 bits per heavy atom. The van der Waals surface area contributed by atoms with E-state index < -0.39 is 22.0 Å². The number of carbonyl (C=O) groups excluding carboxylic acids is 1. The van der Waals surface area contributed by atoms with Crippen LogP contribution in [0.15, 0.2) is 83.8 Å². The molecule has 0 radical (unpaired) electrons. The molecule has 0 aliphatic carbocycles. The van der Waals surface area contributed by atoms with Crippen molar-refractivity contribution in [2.45, 2.75) is 17.4 Å². The molecule has 0 unspecified atom stereocenters. The Morgan fingerprint density at radius 3 is 2.20 bits per heavy atom. The molecule has 0 aliphatic rings. The fourth-order valence-corrected chi connectivity index (χ4v) is 4.37. The number of sulfonamides is 1. The molecule has 1 atom stereocenters. The molecule has 2 N–H and O–H groups in total. The summed E-state index contributed by atoms with van der Waals surface area (Å²) < 4.78 is 34.3. The molecule has 0 fully saturated rings. The second-order valence-corrected chi connectivity index (χ2v) is 9.49. The molecular formula is C22H21IN2O4S. The van der Waals surface area contributed by atoms with Crippen molar-refractivity contribution in [3.8, 4) is 5.75 Å². The number of carbonyl (C=O) groups is 1. The maximum absolute atomic E-state index is 13.0. The van der Waals surface area contributed by atoms with Crippen LogP contribution in [0, 0.1) is 3.57 Å². The highest BCUT2D eigenvalue weighted by Gasteiger charge is 2.26. The molecule has 0 spiro atoms. The van der Waals surface area contributed by atoms with Gasteiger partial charge in [0, 0.05) is 9.26 Å². The minimum Gasteiger partial charge on any atom is -0.497 e. The second kappa shape index (κ2) is 10.1. The van der Waals surface area contributed by atoms with E-state index in [1.807, 2.05) is 30.3 Å². The number of benzene rings is 3. The third kappa shape index (κ3) is 6.04. The molecule has 156 valence electrons. The highest BCUT2D eigenvalue weighted by atomic mass is 127. The van der Waals surface area contributed by atoms with Crippen LogP contribution in [0.3, 0.4) is 0 Å². The predicted molar refractivity (Wildman–Crippen MR) is 125 cm³/mol. The number of nitrogens with one attached hydrogen (secondary N) is 2.